The van der Waals surface area contributed by atoms with Crippen LogP contribution in [0.15, 0.2) is 64.4 Å². The minimum Gasteiger partial charge on any atom is -0.507 e. The Balaban J connectivity index is 1.50. The third-order valence-electron chi connectivity index (χ3n) is 5.50. The Morgan fingerprint density at radius 2 is 1.84 bits per heavy atom. The fraction of sp³-hybridized carbons (Fsp3) is 0.261. The molecule has 1 fully saturated rings. The molecule has 0 bridgehead atoms. The summed E-state index contributed by atoms with van der Waals surface area (Å²) in [5, 5.41) is 22.0. The lowest BCUT2D eigenvalue weighted by Gasteiger charge is -2.15. The van der Waals surface area contributed by atoms with Gasteiger partial charge in [-0.25, -0.2) is 0 Å². The number of likely N-dealkylation sites (tertiary alicyclic amines) is 1. The molecule has 2 aromatic heterocycles. The molecular weight excluding hydrogens is 412 g/mol. The highest BCUT2D eigenvalue weighted by atomic mass is 32.2. The fourth-order valence-electron chi connectivity index (χ4n) is 3.89. The Morgan fingerprint density at radius 1 is 1.06 bits per heavy atom. The second-order valence-electron chi connectivity index (χ2n) is 7.56. The number of fused-ring (bicyclic) bond motifs is 1. The molecule has 0 saturated carbocycles. The molecule has 1 saturated heterocycles. The number of thioether (sulfide) groups is 1. The van der Waals surface area contributed by atoms with Gasteiger partial charge in [0.2, 0.25) is 5.91 Å². The van der Waals surface area contributed by atoms with Gasteiger partial charge < -0.3 is 14.4 Å². The van der Waals surface area contributed by atoms with Gasteiger partial charge >= 0.3 is 0 Å². The van der Waals surface area contributed by atoms with Crippen molar-refractivity contribution in [2.75, 3.05) is 18.8 Å². The zero-order valence-corrected chi connectivity index (χ0v) is 17.7. The molecule has 158 valence electrons. The van der Waals surface area contributed by atoms with E-state index in [0.29, 0.717) is 28.8 Å². The van der Waals surface area contributed by atoms with E-state index >= 15 is 0 Å². The number of nitrogens with zero attached hydrogens (tertiary/aromatic N) is 4. The molecule has 1 N–H and O–H groups in total. The predicted octanol–water partition coefficient (Wildman–Crippen LogP) is 4.16. The molecule has 0 unspecified atom stereocenters. The summed E-state index contributed by atoms with van der Waals surface area (Å²) in [6.07, 6.45) is 3.75. The number of hydrogen-bond acceptors (Lipinski definition) is 6. The highest BCUT2D eigenvalue weighted by Crippen LogP contribution is 2.34. The molecule has 1 aliphatic heterocycles. The number of aromatic nitrogens is 3. The lowest BCUT2D eigenvalue weighted by atomic mass is 10.1. The van der Waals surface area contributed by atoms with Crippen LogP contribution in [0, 0.1) is 0 Å². The van der Waals surface area contributed by atoms with Gasteiger partial charge in [0.25, 0.3) is 0 Å². The van der Waals surface area contributed by atoms with Crippen LogP contribution in [-0.2, 0) is 11.3 Å². The van der Waals surface area contributed by atoms with E-state index in [1.54, 1.807) is 12.3 Å². The first-order chi connectivity index (χ1) is 15.2. The molecular formula is C23H22N4O3S. The normalized spacial score (nSPS) is 13.9. The van der Waals surface area contributed by atoms with E-state index in [4.69, 9.17) is 4.42 Å². The summed E-state index contributed by atoms with van der Waals surface area (Å²) in [5.74, 6) is 1.84. The SMILES string of the molecule is O=C(CSc1nnc(-c2cc3ccccc3cc2O)n1Cc1ccco1)N1CCCC1. The third-order valence-corrected chi connectivity index (χ3v) is 6.45. The Hall–Kier alpha value is -3.26. The van der Waals surface area contributed by atoms with Gasteiger partial charge in [0.05, 0.1) is 24.1 Å². The third kappa shape index (κ3) is 4.03. The number of aromatic hydroxyl groups is 1. The van der Waals surface area contributed by atoms with Crippen molar-refractivity contribution in [2.45, 2.75) is 24.5 Å². The molecule has 0 atom stereocenters. The molecule has 1 amide bonds. The van der Waals surface area contributed by atoms with Crippen molar-refractivity contribution < 1.29 is 14.3 Å². The second kappa shape index (κ2) is 8.47. The number of phenolic OH excluding ortho intramolecular Hbond substituents is 1. The summed E-state index contributed by atoms with van der Waals surface area (Å²) in [6.45, 7) is 2.06. The lowest BCUT2D eigenvalue weighted by molar-refractivity contribution is -0.127. The second-order valence-corrected chi connectivity index (χ2v) is 8.51. The first-order valence-electron chi connectivity index (χ1n) is 10.3. The molecule has 2 aromatic carbocycles. The predicted molar refractivity (Wildman–Crippen MR) is 119 cm³/mol. The molecule has 0 radical (unpaired) electrons. The maximum Gasteiger partial charge on any atom is 0.233 e. The fourth-order valence-corrected chi connectivity index (χ4v) is 4.73. The molecule has 8 heteroatoms. The molecule has 0 aliphatic carbocycles. The lowest BCUT2D eigenvalue weighted by Crippen LogP contribution is -2.29. The van der Waals surface area contributed by atoms with E-state index in [9.17, 15) is 9.90 Å². The minimum atomic E-state index is 0.116. The Bertz CT molecular complexity index is 1210. The molecule has 1 aliphatic rings. The summed E-state index contributed by atoms with van der Waals surface area (Å²) >= 11 is 1.36. The number of carbonyl (C=O) groups is 1. The number of phenols is 1. The number of amides is 1. The topological polar surface area (TPSA) is 84.4 Å². The number of furan rings is 1. The Kier molecular flexibility index (Phi) is 5.38. The van der Waals surface area contributed by atoms with Gasteiger partial charge in [-0.2, -0.15) is 0 Å². The first kappa shape index (κ1) is 19.7. The largest absolute Gasteiger partial charge is 0.507 e. The van der Waals surface area contributed by atoms with Gasteiger partial charge in [-0.3, -0.25) is 9.36 Å². The van der Waals surface area contributed by atoms with Crippen LogP contribution >= 0.6 is 11.8 Å². The van der Waals surface area contributed by atoms with E-state index in [1.165, 1.54) is 11.8 Å². The summed E-state index contributed by atoms with van der Waals surface area (Å²) in [7, 11) is 0. The standard InChI is InChI=1S/C23H22N4O3S/c28-20-13-17-7-2-1-6-16(17)12-19(20)22-24-25-23(27(22)14-18-8-5-11-30-18)31-15-21(29)26-9-3-4-10-26/h1-2,5-8,11-13,28H,3-4,9-10,14-15H2. The molecule has 0 spiro atoms. The zero-order valence-electron chi connectivity index (χ0n) is 16.9. The maximum absolute atomic E-state index is 12.5. The summed E-state index contributed by atoms with van der Waals surface area (Å²) in [4.78, 5) is 14.4. The molecule has 4 aromatic rings. The van der Waals surface area contributed by atoms with Crippen molar-refractivity contribution in [2.24, 2.45) is 0 Å². The zero-order chi connectivity index (χ0) is 21.2. The number of benzene rings is 2. The van der Waals surface area contributed by atoms with E-state index in [1.807, 2.05) is 51.9 Å². The van der Waals surface area contributed by atoms with Crippen molar-refractivity contribution in [3.05, 3.63) is 60.6 Å². The van der Waals surface area contributed by atoms with Gasteiger partial charge in [0.15, 0.2) is 11.0 Å². The number of carbonyl (C=O) groups excluding carboxylic acids is 1. The smallest absolute Gasteiger partial charge is 0.233 e. The average molecular weight is 435 g/mol. The van der Waals surface area contributed by atoms with Crippen LogP contribution in [0.2, 0.25) is 0 Å². The first-order valence-corrected chi connectivity index (χ1v) is 11.3. The molecule has 31 heavy (non-hydrogen) atoms. The van der Waals surface area contributed by atoms with Crippen LogP contribution in [0.5, 0.6) is 5.75 Å². The molecule has 5 rings (SSSR count). The maximum atomic E-state index is 12.5. The van der Waals surface area contributed by atoms with E-state index in [2.05, 4.69) is 10.2 Å². The quantitative estimate of drug-likeness (QED) is 0.459. The van der Waals surface area contributed by atoms with Crippen LogP contribution in [0.3, 0.4) is 0 Å². The van der Waals surface area contributed by atoms with Crippen LogP contribution < -0.4 is 0 Å². The van der Waals surface area contributed by atoms with Crippen molar-refractivity contribution in [3.63, 3.8) is 0 Å². The Morgan fingerprint density at radius 3 is 2.58 bits per heavy atom. The highest BCUT2D eigenvalue weighted by Gasteiger charge is 2.22. The summed E-state index contributed by atoms with van der Waals surface area (Å²) in [5.41, 5.74) is 0.593. The summed E-state index contributed by atoms with van der Waals surface area (Å²) < 4.78 is 7.43. The van der Waals surface area contributed by atoms with Crippen molar-refractivity contribution in [3.8, 4) is 17.1 Å². The minimum absolute atomic E-state index is 0.116. The number of hydrogen-bond donors (Lipinski definition) is 1. The van der Waals surface area contributed by atoms with Gasteiger partial charge in [-0.1, -0.05) is 36.0 Å². The number of rotatable bonds is 6. The van der Waals surface area contributed by atoms with Crippen LogP contribution in [0.4, 0.5) is 0 Å². The van der Waals surface area contributed by atoms with Crippen molar-refractivity contribution in [1.29, 1.82) is 0 Å². The van der Waals surface area contributed by atoms with Gasteiger partial charge in [-0.05, 0) is 47.9 Å². The molecule has 7 nitrogen and oxygen atoms in total. The molecule has 3 heterocycles. The van der Waals surface area contributed by atoms with Crippen LogP contribution in [0.25, 0.3) is 22.2 Å². The van der Waals surface area contributed by atoms with Gasteiger partial charge in [0, 0.05) is 13.1 Å². The Labute approximate surface area is 183 Å². The van der Waals surface area contributed by atoms with Crippen LogP contribution in [-0.4, -0.2) is 49.5 Å². The van der Waals surface area contributed by atoms with E-state index in [-0.39, 0.29) is 11.7 Å². The highest BCUT2D eigenvalue weighted by molar-refractivity contribution is 7.99. The van der Waals surface area contributed by atoms with Crippen molar-refractivity contribution in [1.82, 2.24) is 19.7 Å². The van der Waals surface area contributed by atoms with Crippen molar-refractivity contribution >= 4 is 28.4 Å². The van der Waals surface area contributed by atoms with Crippen LogP contribution in [0.1, 0.15) is 18.6 Å². The average Bonchev–Trinajstić information content (AvgIpc) is 3.55. The monoisotopic (exact) mass is 434 g/mol. The van der Waals surface area contributed by atoms with Gasteiger partial charge in [0.1, 0.15) is 11.5 Å². The van der Waals surface area contributed by atoms with E-state index in [0.717, 1.165) is 42.5 Å². The summed E-state index contributed by atoms with van der Waals surface area (Å²) in [6, 6.07) is 15.2. The van der Waals surface area contributed by atoms with E-state index < -0.39 is 0 Å². The van der Waals surface area contributed by atoms with Gasteiger partial charge in [-0.15, -0.1) is 10.2 Å².